The normalized spacial score (nSPS) is 14.9. The van der Waals surface area contributed by atoms with E-state index in [9.17, 15) is 18.0 Å². The molecule has 204 valence electrons. The van der Waals surface area contributed by atoms with Gasteiger partial charge in [-0.1, -0.05) is 6.07 Å². The van der Waals surface area contributed by atoms with Crippen molar-refractivity contribution >= 4 is 42.5 Å². The first-order chi connectivity index (χ1) is 18.5. The first-order valence-corrected chi connectivity index (χ1v) is 14.6. The fourth-order valence-corrected chi connectivity index (χ4v) is 7.54. The summed E-state index contributed by atoms with van der Waals surface area (Å²) in [6.45, 7) is 2.33. The SMILES string of the molecule is COCc1cc2cc(Cn3c(=O)n(Cc4cnn(C)c4)c(=O)c4cc(S(=O)(=O)NC5(C)CC5)sc43)ccc2o1. The van der Waals surface area contributed by atoms with Gasteiger partial charge in [0.25, 0.3) is 15.6 Å². The average molecular weight is 570 g/mol. The van der Waals surface area contributed by atoms with E-state index in [1.807, 2.05) is 31.2 Å². The first kappa shape index (κ1) is 25.7. The van der Waals surface area contributed by atoms with Crippen molar-refractivity contribution < 1.29 is 17.6 Å². The van der Waals surface area contributed by atoms with Crippen molar-refractivity contribution in [2.45, 2.75) is 49.2 Å². The molecule has 5 aromatic rings. The number of hydrogen-bond donors (Lipinski definition) is 1. The van der Waals surface area contributed by atoms with Crippen LogP contribution in [0, 0.1) is 0 Å². The number of nitrogens with zero attached hydrogens (tertiary/aromatic N) is 4. The van der Waals surface area contributed by atoms with Crippen molar-refractivity contribution in [1.82, 2.24) is 23.6 Å². The Kier molecular flexibility index (Phi) is 6.14. The number of aromatic nitrogens is 4. The maximum absolute atomic E-state index is 13.8. The first-order valence-electron chi connectivity index (χ1n) is 12.3. The number of hydrogen-bond acceptors (Lipinski definition) is 8. The summed E-state index contributed by atoms with van der Waals surface area (Å²) in [5.41, 5.74) is 0.616. The second-order valence-corrected chi connectivity index (χ2v) is 13.2. The quantitative estimate of drug-likeness (QED) is 0.289. The Hall–Kier alpha value is -3.52. The van der Waals surface area contributed by atoms with Gasteiger partial charge in [0.05, 0.1) is 24.7 Å². The third-order valence-electron chi connectivity index (χ3n) is 6.88. The number of furan rings is 1. The van der Waals surface area contributed by atoms with E-state index in [1.54, 1.807) is 31.2 Å². The molecule has 4 aromatic heterocycles. The number of aryl methyl sites for hydroxylation is 1. The lowest BCUT2D eigenvalue weighted by atomic mass is 10.1. The number of nitrogens with one attached hydrogen (secondary N) is 1. The van der Waals surface area contributed by atoms with Gasteiger partial charge in [-0.2, -0.15) is 5.10 Å². The van der Waals surface area contributed by atoms with Gasteiger partial charge in [0.1, 0.15) is 27.0 Å². The van der Waals surface area contributed by atoms with Crippen LogP contribution in [-0.4, -0.2) is 40.0 Å². The molecule has 6 rings (SSSR count). The van der Waals surface area contributed by atoms with E-state index in [4.69, 9.17) is 9.15 Å². The topological polar surface area (TPSA) is 130 Å². The molecule has 1 saturated carbocycles. The van der Waals surface area contributed by atoms with Crippen LogP contribution in [0.2, 0.25) is 0 Å². The van der Waals surface area contributed by atoms with Crippen molar-refractivity contribution in [3.05, 3.63) is 80.5 Å². The molecule has 11 nitrogen and oxygen atoms in total. The Morgan fingerprint density at radius 1 is 1.13 bits per heavy atom. The molecule has 1 fully saturated rings. The van der Waals surface area contributed by atoms with Crippen LogP contribution in [0.3, 0.4) is 0 Å². The van der Waals surface area contributed by atoms with Crippen LogP contribution in [0.1, 0.15) is 36.7 Å². The van der Waals surface area contributed by atoms with Crippen LogP contribution in [0.25, 0.3) is 21.2 Å². The average Bonchev–Trinajstić information content (AvgIpc) is 3.26. The number of fused-ring (bicyclic) bond motifs is 2. The summed E-state index contributed by atoms with van der Waals surface area (Å²) in [4.78, 5) is 27.6. The predicted molar refractivity (Wildman–Crippen MR) is 147 cm³/mol. The molecule has 1 aliphatic carbocycles. The lowest BCUT2D eigenvalue weighted by Crippen LogP contribution is -2.40. The third kappa shape index (κ3) is 4.86. The predicted octanol–water partition coefficient (Wildman–Crippen LogP) is 2.78. The van der Waals surface area contributed by atoms with Crippen molar-refractivity contribution in [2.24, 2.45) is 7.05 Å². The van der Waals surface area contributed by atoms with E-state index < -0.39 is 26.8 Å². The fraction of sp³-hybridized carbons (Fsp3) is 0.346. The lowest BCUT2D eigenvalue weighted by Gasteiger charge is -2.12. The zero-order valence-corrected chi connectivity index (χ0v) is 23.3. The minimum atomic E-state index is -3.87. The number of thiophene rings is 1. The molecule has 0 aliphatic heterocycles. The largest absolute Gasteiger partial charge is 0.459 e. The van der Waals surface area contributed by atoms with Crippen LogP contribution in [-0.2, 0) is 41.5 Å². The maximum Gasteiger partial charge on any atom is 0.332 e. The zero-order chi connectivity index (χ0) is 27.5. The number of benzene rings is 1. The second kappa shape index (κ2) is 9.30. The highest BCUT2D eigenvalue weighted by Crippen LogP contribution is 2.37. The summed E-state index contributed by atoms with van der Waals surface area (Å²) in [5, 5.41) is 5.16. The number of ether oxygens (including phenoxy) is 1. The Balaban J connectivity index is 1.49. The molecule has 0 amide bonds. The van der Waals surface area contributed by atoms with Crippen molar-refractivity contribution in [1.29, 1.82) is 0 Å². The second-order valence-electron chi connectivity index (χ2n) is 10.3. The standard InChI is InChI=1S/C26H27N5O6S2/c1-26(6-7-26)28-39(34,35)22-10-20-23(32)30(14-17-11-27-29(2)12-17)25(33)31(24(20)38-22)13-16-4-5-21-18(8-16)9-19(37-21)15-36-3/h4-5,8-12,28H,6-7,13-15H2,1-3H3. The minimum Gasteiger partial charge on any atom is -0.459 e. The minimum absolute atomic E-state index is 0.00416. The van der Waals surface area contributed by atoms with Crippen molar-refractivity contribution in [3.63, 3.8) is 0 Å². The Labute approximate surface area is 227 Å². The Morgan fingerprint density at radius 2 is 1.90 bits per heavy atom. The van der Waals surface area contributed by atoms with Crippen LogP contribution < -0.4 is 16.0 Å². The summed E-state index contributed by atoms with van der Waals surface area (Å²) < 4.78 is 44.2. The molecule has 0 bridgehead atoms. The fourth-order valence-electron chi connectivity index (χ4n) is 4.63. The zero-order valence-electron chi connectivity index (χ0n) is 21.6. The molecule has 0 unspecified atom stereocenters. The van der Waals surface area contributed by atoms with E-state index in [2.05, 4.69) is 9.82 Å². The molecule has 0 atom stereocenters. The monoisotopic (exact) mass is 569 g/mol. The molecule has 4 heterocycles. The van der Waals surface area contributed by atoms with Crippen LogP contribution >= 0.6 is 11.3 Å². The lowest BCUT2D eigenvalue weighted by molar-refractivity contribution is 0.166. The summed E-state index contributed by atoms with van der Waals surface area (Å²) in [6, 6.07) is 8.83. The summed E-state index contributed by atoms with van der Waals surface area (Å²) in [6.07, 6.45) is 4.83. The van der Waals surface area contributed by atoms with Gasteiger partial charge in [-0.3, -0.25) is 18.6 Å². The molecule has 1 aliphatic rings. The van der Waals surface area contributed by atoms with Gasteiger partial charge in [0.15, 0.2) is 0 Å². The number of rotatable bonds is 9. The summed E-state index contributed by atoms with van der Waals surface area (Å²) in [5.74, 6) is 0.680. The molecule has 0 spiro atoms. The van der Waals surface area contributed by atoms with Gasteiger partial charge < -0.3 is 9.15 Å². The molecular weight excluding hydrogens is 542 g/mol. The van der Waals surface area contributed by atoms with Gasteiger partial charge in [-0.05, 0) is 49.6 Å². The highest BCUT2D eigenvalue weighted by atomic mass is 32.2. The van der Waals surface area contributed by atoms with E-state index in [0.717, 1.165) is 39.7 Å². The van der Waals surface area contributed by atoms with Crippen LogP contribution in [0.4, 0.5) is 0 Å². The van der Waals surface area contributed by atoms with Crippen LogP contribution in [0.5, 0.6) is 0 Å². The van der Waals surface area contributed by atoms with E-state index in [1.165, 1.54) is 10.6 Å². The summed E-state index contributed by atoms with van der Waals surface area (Å²) in [7, 11) is -0.528. The highest BCUT2D eigenvalue weighted by Gasteiger charge is 2.41. The smallest absolute Gasteiger partial charge is 0.332 e. The van der Waals surface area contributed by atoms with Crippen molar-refractivity contribution in [2.75, 3.05) is 7.11 Å². The molecule has 13 heteroatoms. The van der Waals surface area contributed by atoms with Gasteiger partial charge in [0.2, 0.25) is 0 Å². The highest BCUT2D eigenvalue weighted by molar-refractivity contribution is 7.91. The van der Waals surface area contributed by atoms with Crippen LogP contribution in [0.15, 0.2) is 60.9 Å². The van der Waals surface area contributed by atoms with E-state index >= 15 is 0 Å². The van der Waals surface area contributed by atoms with Gasteiger partial charge >= 0.3 is 5.69 Å². The summed E-state index contributed by atoms with van der Waals surface area (Å²) >= 11 is 0.928. The van der Waals surface area contributed by atoms with E-state index in [0.29, 0.717) is 28.3 Å². The Bertz CT molecular complexity index is 1960. The number of sulfonamides is 1. The Morgan fingerprint density at radius 3 is 2.59 bits per heavy atom. The van der Waals surface area contributed by atoms with Gasteiger partial charge in [-0.15, -0.1) is 11.3 Å². The van der Waals surface area contributed by atoms with Gasteiger partial charge in [-0.25, -0.2) is 17.9 Å². The number of methoxy groups -OCH3 is 1. The van der Waals surface area contributed by atoms with Gasteiger partial charge in [0, 0.05) is 36.8 Å². The molecular formula is C26H27N5O6S2. The van der Waals surface area contributed by atoms with E-state index in [-0.39, 0.29) is 22.7 Å². The molecule has 0 saturated heterocycles. The maximum atomic E-state index is 13.8. The molecule has 0 radical (unpaired) electrons. The molecule has 1 N–H and O–H groups in total. The van der Waals surface area contributed by atoms with Crippen molar-refractivity contribution in [3.8, 4) is 0 Å². The molecule has 39 heavy (non-hydrogen) atoms. The molecule has 1 aromatic carbocycles. The third-order valence-corrected chi connectivity index (χ3v) is 10.1.